The number of aromatic amines is 1. The van der Waals surface area contributed by atoms with Gasteiger partial charge in [0.05, 0.1) is 6.42 Å². The molecule has 3 N–H and O–H groups in total. The lowest BCUT2D eigenvalue weighted by atomic mass is 10.1. The number of rotatable bonds is 5. The van der Waals surface area contributed by atoms with Crippen LogP contribution in [0.3, 0.4) is 0 Å². The van der Waals surface area contributed by atoms with E-state index < -0.39 is 11.8 Å². The minimum absolute atomic E-state index is 0.00235. The molecule has 0 radical (unpaired) electrons. The van der Waals surface area contributed by atoms with E-state index in [4.69, 9.17) is 9.84 Å². The summed E-state index contributed by atoms with van der Waals surface area (Å²) in [7, 11) is 0. The van der Waals surface area contributed by atoms with Crippen molar-refractivity contribution >= 4 is 27.7 Å². The molecule has 0 amide bonds. The number of halogens is 1. The number of esters is 1. The molecule has 1 heterocycles. The zero-order valence-corrected chi connectivity index (χ0v) is 12.4. The van der Waals surface area contributed by atoms with E-state index in [1.165, 1.54) is 0 Å². The lowest BCUT2D eigenvalue weighted by Gasteiger charge is -2.03. The van der Waals surface area contributed by atoms with Crippen LogP contribution in [-0.4, -0.2) is 26.9 Å². The minimum Gasteiger partial charge on any atom is -0.494 e. The highest BCUT2D eigenvalue weighted by molar-refractivity contribution is 9.10. The van der Waals surface area contributed by atoms with Gasteiger partial charge in [-0.25, -0.2) is 0 Å². The van der Waals surface area contributed by atoms with E-state index >= 15 is 0 Å². The van der Waals surface area contributed by atoms with Gasteiger partial charge in [0, 0.05) is 22.5 Å². The molecule has 110 valence electrons. The standard InChI is InChI=1S/C14H12BrNO5/c15-9-3-1-8(2-4-9)10(17)5-6-13(19)21-11-7-12(18)16-14(11)20/h1-4,7,16,18,20H,5-6H2. The smallest absolute Gasteiger partial charge is 0.311 e. The molecule has 1 aromatic carbocycles. The van der Waals surface area contributed by atoms with Gasteiger partial charge in [-0.1, -0.05) is 28.1 Å². The van der Waals surface area contributed by atoms with Crippen LogP contribution in [-0.2, 0) is 4.79 Å². The zero-order chi connectivity index (χ0) is 15.4. The third-order valence-electron chi connectivity index (χ3n) is 2.69. The van der Waals surface area contributed by atoms with Crippen molar-refractivity contribution in [3.63, 3.8) is 0 Å². The van der Waals surface area contributed by atoms with Crippen LogP contribution in [0.15, 0.2) is 34.8 Å². The number of carbonyl (C=O) groups is 2. The first-order valence-electron chi connectivity index (χ1n) is 6.06. The van der Waals surface area contributed by atoms with Crippen LogP contribution < -0.4 is 4.74 Å². The SMILES string of the molecule is O=C(CCC(=O)c1ccc(Br)cc1)Oc1cc(O)[nH]c1O. The van der Waals surface area contributed by atoms with E-state index in [0.717, 1.165) is 10.5 Å². The van der Waals surface area contributed by atoms with Crippen molar-refractivity contribution in [2.45, 2.75) is 12.8 Å². The number of ether oxygens (including phenoxy) is 1. The van der Waals surface area contributed by atoms with Gasteiger partial charge in [-0.15, -0.1) is 0 Å². The van der Waals surface area contributed by atoms with Gasteiger partial charge in [0.15, 0.2) is 17.4 Å². The summed E-state index contributed by atoms with van der Waals surface area (Å²) in [4.78, 5) is 25.6. The van der Waals surface area contributed by atoms with Crippen molar-refractivity contribution < 1.29 is 24.5 Å². The average Bonchev–Trinajstić information content (AvgIpc) is 2.75. The number of carbonyl (C=O) groups excluding carboxylic acids is 2. The largest absolute Gasteiger partial charge is 0.494 e. The molecular weight excluding hydrogens is 342 g/mol. The quantitative estimate of drug-likeness (QED) is 0.566. The summed E-state index contributed by atoms with van der Waals surface area (Å²) in [5, 5.41) is 18.4. The van der Waals surface area contributed by atoms with E-state index in [1.54, 1.807) is 24.3 Å². The molecule has 6 nitrogen and oxygen atoms in total. The topological polar surface area (TPSA) is 99.6 Å². The van der Waals surface area contributed by atoms with Gasteiger partial charge in [0.1, 0.15) is 0 Å². The molecule has 0 aliphatic carbocycles. The number of nitrogens with one attached hydrogen (secondary N) is 1. The molecule has 0 bridgehead atoms. The molecule has 0 fully saturated rings. The van der Waals surface area contributed by atoms with E-state index in [-0.39, 0.29) is 30.3 Å². The van der Waals surface area contributed by atoms with Gasteiger partial charge in [-0.05, 0) is 12.1 Å². The maximum atomic E-state index is 11.9. The highest BCUT2D eigenvalue weighted by atomic mass is 79.9. The zero-order valence-electron chi connectivity index (χ0n) is 10.8. The van der Waals surface area contributed by atoms with Crippen LogP contribution in [0.25, 0.3) is 0 Å². The summed E-state index contributed by atoms with van der Waals surface area (Å²) in [5.41, 5.74) is 0.508. The summed E-state index contributed by atoms with van der Waals surface area (Å²) in [6.45, 7) is 0. The third-order valence-corrected chi connectivity index (χ3v) is 3.22. The Kier molecular flexibility index (Phi) is 4.64. The predicted octanol–water partition coefficient (Wildman–Crippen LogP) is 2.76. The van der Waals surface area contributed by atoms with Crippen LogP contribution in [0, 0.1) is 0 Å². The molecule has 0 saturated heterocycles. The first-order valence-corrected chi connectivity index (χ1v) is 6.85. The Bertz CT molecular complexity index is 663. The lowest BCUT2D eigenvalue weighted by Crippen LogP contribution is -2.10. The van der Waals surface area contributed by atoms with Gasteiger partial charge >= 0.3 is 5.97 Å². The average molecular weight is 354 g/mol. The number of aromatic hydroxyl groups is 2. The summed E-state index contributed by atoms with van der Waals surface area (Å²) >= 11 is 3.27. The Hall–Kier alpha value is -2.28. The van der Waals surface area contributed by atoms with E-state index in [1.807, 2.05) is 0 Å². The highest BCUT2D eigenvalue weighted by Gasteiger charge is 2.14. The first-order chi connectivity index (χ1) is 9.95. The van der Waals surface area contributed by atoms with Crippen molar-refractivity contribution in [3.05, 3.63) is 40.4 Å². The summed E-state index contributed by atoms with van der Waals surface area (Å²) in [6, 6.07) is 7.88. The molecule has 1 aromatic heterocycles. The Labute approximate surface area is 128 Å². The predicted molar refractivity (Wildman–Crippen MR) is 77.5 cm³/mol. The maximum absolute atomic E-state index is 11.9. The highest BCUT2D eigenvalue weighted by Crippen LogP contribution is 2.29. The van der Waals surface area contributed by atoms with Crippen LogP contribution in [0.4, 0.5) is 0 Å². The Morgan fingerprint density at radius 3 is 2.38 bits per heavy atom. The minimum atomic E-state index is -0.672. The Morgan fingerprint density at radius 1 is 1.14 bits per heavy atom. The van der Waals surface area contributed by atoms with Crippen LogP contribution in [0.5, 0.6) is 17.5 Å². The number of aromatic nitrogens is 1. The molecule has 0 aliphatic heterocycles. The van der Waals surface area contributed by atoms with Crippen LogP contribution in [0.2, 0.25) is 0 Å². The molecule has 2 rings (SSSR count). The fourth-order valence-electron chi connectivity index (χ4n) is 1.66. The van der Waals surface area contributed by atoms with Crippen molar-refractivity contribution in [1.82, 2.24) is 4.98 Å². The van der Waals surface area contributed by atoms with Crippen molar-refractivity contribution in [3.8, 4) is 17.5 Å². The molecule has 7 heteroatoms. The molecular formula is C14H12BrNO5. The molecule has 0 aliphatic rings. The van der Waals surface area contributed by atoms with Crippen molar-refractivity contribution in [1.29, 1.82) is 0 Å². The van der Waals surface area contributed by atoms with Gasteiger partial charge in [0.2, 0.25) is 5.88 Å². The number of Topliss-reactive ketones (excluding diaryl/α,β-unsaturated/α-hetero) is 1. The van der Waals surface area contributed by atoms with E-state index in [0.29, 0.717) is 5.56 Å². The van der Waals surface area contributed by atoms with Crippen LogP contribution in [0.1, 0.15) is 23.2 Å². The van der Waals surface area contributed by atoms with E-state index in [2.05, 4.69) is 20.9 Å². The van der Waals surface area contributed by atoms with Crippen LogP contribution >= 0.6 is 15.9 Å². The Morgan fingerprint density at radius 2 is 1.81 bits per heavy atom. The number of H-pyrrole nitrogens is 1. The molecule has 0 saturated carbocycles. The van der Waals surface area contributed by atoms with E-state index in [9.17, 15) is 14.7 Å². The van der Waals surface area contributed by atoms with Gasteiger partial charge in [-0.2, -0.15) is 0 Å². The molecule has 0 atom stereocenters. The molecule has 0 spiro atoms. The Balaban J connectivity index is 1.87. The number of hydrogen-bond donors (Lipinski definition) is 3. The fraction of sp³-hybridized carbons (Fsp3) is 0.143. The van der Waals surface area contributed by atoms with Crippen molar-refractivity contribution in [2.24, 2.45) is 0 Å². The van der Waals surface area contributed by atoms with Gasteiger partial charge < -0.3 is 14.9 Å². The van der Waals surface area contributed by atoms with Crippen molar-refractivity contribution in [2.75, 3.05) is 0 Å². The second-order valence-corrected chi connectivity index (χ2v) is 5.19. The number of ketones is 1. The lowest BCUT2D eigenvalue weighted by molar-refractivity contribution is -0.134. The summed E-state index contributed by atoms with van der Waals surface area (Å²) < 4.78 is 5.69. The third kappa shape index (κ3) is 4.09. The summed E-state index contributed by atoms with van der Waals surface area (Å²) in [5.74, 6) is -1.79. The number of hydrogen-bond acceptors (Lipinski definition) is 5. The molecule has 21 heavy (non-hydrogen) atoms. The fourth-order valence-corrected chi connectivity index (χ4v) is 1.92. The number of benzene rings is 1. The maximum Gasteiger partial charge on any atom is 0.311 e. The monoisotopic (exact) mass is 353 g/mol. The van der Waals surface area contributed by atoms with Gasteiger partial charge in [0.25, 0.3) is 0 Å². The second kappa shape index (κ2) is 6.45. The van der Waals surface area contributed by atoms with Gasteiger partial charge in [-0.3, -0.25) is 14.6 Å². The first kappa shape index (κ1) is 15.1. The second-order valence-electron chi connectivity index (χ2n) is 4.27. The normalized spacial score (nSPS) is 10.3. The summed E-state index contributed by atoms with van der Waals surface area (Å²) in [6.07, 6.45) is -0.127. The molecule has 2 aromatic rings. The molecule has 0 unspecified atom stereocenters.